The molecule has 1 N–H and O–H groups in total. The number of halogens is 1. The molecule has 0 bridgehead atoms. The van der Waals surface area contributed by atoms with Gasteiger partial charge in [-0.05, 0) is 56.2 Å². The van der Waals surface area contributed by atoms with Crippen LogP contribution < -0.4 is 14.4 Å². The molecule has 208 valence electrons. The summed E-state index contributed by atoms with van der Waals surface area (Å²) in [5.74, 6) is -0.490. The Morgan fingerprint density at radius 3 is 2.36 bits per heavy atom. The van der Waals surface area contributed by atoms with Gasteiger partial charge in [0.2, 0.25) is 11.8 Å². The number of amides is 2. The zero-order valence-electron chi connectivity index (χ0n) is 22.6. The minimum Gasteiger partial charge on any atom is -0.495 e. The molecule has 0 radical (unpaired) electrons. The third kappa shape index (κ3) is 7.52. The second-order valence-electron chi connectivity index (χ2n) is 9.12. The van der Waals surface area contributed by atoms with Gasteiger partial charge in [0.15, 0.2) is 0 Å². The van der Waals surface area contributed by atoms with E-state index < -0.39 is 28.5 Å². The van der Waals surface area contributed by atoms with Crippen molar-refractivity contribution in [1.29, 1.82) is 0 Å². The highest BCUT2D eigenvalue weighted by Gasteiger charge is 2.32. The minimum absolute atomic E-state index is 0.0173. The van der Waals surface area contributed by atoms with Crippen molar-refractivity contribution in [2.45, 2.75) is 44.7 Å². The van der Waals surface area contributed by atoms with Crippen molar-refractivity contribution in [2.75, 3.05) is 24.5 Å². The van der Waals surface area contributed by atoms with Gasteiger partial charge >= 0.3 is 0 Å². The van der Waals surface area contributed by atoms with Gasteiger partial charge in [0.05, 0.1) is 22.7 Å². The number of carbonyl (C=O) groups excluding carboxylic acids is 2. The lowest BCUT2D eigenvalue weighted by Gasteiger charge is -2.32. The number of hydrogen-bond donors (Lipinski definition) is 1. The first-order chi connectivity index (χ1) is 18.6. The number of ether oxygens (including phenoxy) is 1. The number of nitrogens with zero attached hydrogens (tertiary/aromatic N) is 2. The highest BCUT2D eigenvalue weighted by Crippen LogP contribution is 2.32. The van der Waals surface area contributed by atoms with Crippen molar-refractivity contribution >= 4 is 39.1 Å². The van der Waals surface area contributed by atoms with Crippen LogP contribution in [-0.4, -0.2) is 51.4 Å². The van der Waals surface area contributed by atoms with E-state index in [4.69, 9.17) is 16.3 Å². The lowest BCUT2D eigenvalue weighted by atomic mass is 10.1. The molecule has 2 amide bonds. The summed E-state index contributed by atoms with van der Waals surface area (Å²) in [6.07, 6.45) is 0.742. The van der Waals surface area contributed by atoms with E-state index in [9.17, 15) is 18.0 Å². The van der Waals surface area contributed by atoms with Crippen LogP contribution in [0.25, 0.3) is 0 Å². The summed E-state index contributed by atoms with van der Waals surface area (Å²) in [4.78, 5) is 28.2. The molecule has 0 saturated carbocycles. The van der Waals surface area contributed by atoms with E-state index in [0.717, 1.165) is 21.9 Å². The van der Waals surface area contributed by atoms with Crippen LogP contribution in [0.3, 0.4) is 0 Å². The second kappa shape index (κ2) is 13.5. The van der Waals surface area contributed by atoms with Crippen LogP contribution in [0.4, 0.5) is 5.69 Å². The molecule has 0 heterocycles. The fourth-order valence-electron chi connectivity index (χ4n) is 4.04. The Morgan fingerprint density at radius 1 is 1.03 bits per heavy atom. The molecular weight excluding hydrogens is 538 g/mol. The summed E-state index contributed by atoms with van der Waals surface area (Å²) in [6.45, 7) is 5.57. The number of sulfonamides is 1. The van der Waals surface area contributed by atoms with Crippen molar-refractivity contribution in [2.24, 2.45) is 0 Å². The molecule has 0 aliphatic rings. The lowest BCUT2D eigenvalue weighted by molar-refractivity contribution is -0.139. The number of carbonyl (C=O) groups is 2. The summed E-state index contributed by atoms with van der Waals surface area (Å²) in [5.41, 5.74) is 2.02. The van der Waals surface area contributed by atoms with Gasteiger partial charge in [-0.3, -0.25) is 13.9 Å². The molecule has 0 aliphatic carbocycles. The Labute approximate surface area is 235 Å². The Hall–Kier alpha value is -3.56. The highest BCUT2D eigenvalue weighted by molar-refractivity contribution is 7.92. The molecule has 3 aromatic rings. The molecular formula is C29H34ClN3O5S. The Bertz CT molecular complexity index is 1400. The van der Waals surface area contributed by atoms with Crippen LogP contribution in [0.1, 0.15) is 31.4 Å². The smallest absolute Gasteiger partial charge is 0.264 e. The van der Waals surface area contributed by atoms with Gasteiger partial charge in [-0.25, -0.2) is 8.42 Å². The topological polar surface area (TPSA) is 96.0 Å². The molecule has 10 heteroatoms. The summed E-state index contributed by atoms with van der Waals surface area (Å²) in [5, 5.41) is 3.02. The number of aryl methyl sites for hydroxylation is 1. The molecule has 3 rings (SSSR count). The lowest BCUT2D eigenvalue weighted by Crippen LogP contribution is -2.51. The van der Waals surface area contributed by atoms with E-state index in [1.165, 1.54) is 36.3 Å². The van der Waals surface area contributed by atoms with Gasteiger partial charge in [-0.1, -0.05) is 66.6 Å². The van der Waals surface area contributed by atoms with Crippen LogP contribution >= 0.6 is 11.6 Å². The number of benzene rings is 3. The predicted molar refractivity (Wildman–Crippen MR) is 153 cm³/mol. The van der Waals surface area contributed by atoms with E-state index in [-0.39, 0.29) is 28.1 Å². The zero-order valence-corrected chi connectivity index (χ0v) is 24.1. The number of nitrogens with one attached hydrogen (secondary N) is 1. The van der Waals surface area contributed by atoms with Crippen molar-refractivity contribution in [3.05, 3.63) is 88.9 Å². The minimum atomic E-state index is -4.17. The van der Waals surface area contributed by atoms with Crippen LogP contribution in [0, 0.1) is 6.92 Å². The predicted octanol–water partition coefficient (Wildman–Crippen LogP) is 4.80. The summed E-state index contributed by atoms with van der Waals surface area (Å²) in [6, 6.07) is 19.1. The summed E-state index contributed by atoms with van der Waals surface area (Å²) >= 11 is 6.34. The molecule has 8 nitrogen and oxygen atoms in total. The van der Waals surface area contributed by atoms with Crippen molar-refractivity contribution in [1.82, 2.24) is 10.2 Å². The van der Waals surface area contributed by atoms with Crippen LogP contribution in [0.5, 0.6) is 5.75 Å². The third-order valence-electron chi connectivity index (χ3n) is 6.19. The van der Waals surface area contributed by atoms with Crippen LogP contribution in [0.15, 0.2) is 77.7 Å². The van der Waals surface area contributed by atoms with Crippen molar-refractivity contribution in [3.63, 3.8) is 0 Å². The number of hydrogen-bond acceptors (Lipinski definition) is 5. The molecule has 1 atom stereocenters. The standard InChI is InChI=1S/C29H34ClN3O5S/c1-5-16-31-29(35)22(3)32(19-23-11-9-10-21(2)17-23)28(34)20-33(24-14-15-27(38-4)26(30)18-24)39(36,37)25-12-7-6-8-13-25/h6-15,17-18,22H,5,16,19-20H2,1-4H3,(H,31,35). The molecule has 0 aliphatic heterocycles. The Balaban J connectivity index is 2.04. The Morgan fingerprint density at radius 2 is 1.74 bits per heavy atom. The van der Waals surface area contributed by atoms with Crippen LogP contribution in [-0.2, 0) is 26.2 Å². The maximum Gasteiger partial charge on any atom is 0.264 e. The fraction of sp³-hybridized carbons (Fsp3) is 0.310. The zero-order chi connectivity index (χ0) is 28.6. The second-order valence-corrected chi connectivity index (χ2v) is 11.4. The first-order valence-electron chi connectivity index (χ1n) is 12.6. The summed E-state index contributed by atoms with van der Waals surface area (Å²) in [7, 11) is -2.72. The van der Waals surface area contributed by atoms with E-state index >= 15 is 0 Å². The van der Waals surface area contributed by atoms with E-state index in [2.05, 4.69) is 5.32 Å². The first kappa shape index (κ1) is 30.0. The highest BCUT2D eigenvalue weighted by atomic mass is 35.5. The SMILES string of the molecule is CCCNC(=O)C(C)N(Cc1cccc(C)c1)C(=O)CN(c1ccc(OC)c(Cl)c1)S(=O)(=O)c1ccccc1. The first-order valence-corrected chi connectivity index (χ1v) is 14.4. The molecule has 0 fully saturated rings. The van der Waals surface area contributed by atoms with E-state index in [1.807, 2.05) is 38.1 Å². The average molecular weight is 572 g/mol. The molecule has 39 heavy (non-hydrogen) atoms. The molecule has 3 aromatic carbocycles. The van der Waals surface area contributed by atoms with Gasteiger partial charge in [0, 0.05) is 13.1 Å². The van der Waals surface area contributed by atoms with Gasteiger partial charge in [0.1, 0.15) is 18.3 Å². The van der Waals surface area contributed by atoms with E-state index in [0.29, 0.717) is 12.3 Å². The van der Waals surface area contributed by atoms with Gasteiger partial charge in [0.25, 0.3) is 10.0 Å². The molecule has 1 unspecified atom stereocenters. The Kier molecular flexibility index (Phi) is 10.4. The quantitative estimate of drug-likeness (QED) is 0.337. The molecule has 0 saturated heterocycles. The maximum atomic E-state index is 13.9. The normalized spacial score (nSPS) is 11.9. The van der Waals surface area contributed by atoms with Gasteiger partial charge < -0.3 is 15.0 Å². The average Bonchev–Trinajstić information content (AvgIpc) is 2.93. The van der Waals surface area contributed by atoms with Gasteiger partial charge in [-0.2, -0.15) is 0 Å². The third-order valence-corrected chi connectivity index (χ3v) is 8.27. The molecule has 0 spiro atoms. The monoisotopic (exact) mass is 571 g/mol. The number of methoxy groups -OCH3 is 1. The van der Waals surface area contributed by atoms with Crippen LogP contribution in [0.2, 0.25) is 5.02 Å². The van der Waals surface area contributed by atoms with Crippen molar-refractivity contribution < 1.29 is 22.7 Å². The maximum absolute atomic E-state index is 13.9. The van der Waals surface area contributed by atoms with Gasteiger partial charge in [-0.15, -0.1) is 0 Å². The van der Waals surface area contributed by atoms with Crippen molar-refractivity contribution in [3.8, 4) is 5.75 Å². The summed E-state index contributed by atoms with van der Waals surface area (Å²) < 4.78 is 33.8. The van der Waals surface area contributed by atoms with E-state index in [1.54, 1.807) is 31.2 Å². The largest absolute Gasteiger partial charge is 0.495 e. The molecule has 0 aromatic heterocycles. The number of rotatable bonds is 12. The number of anilines is 1. The fourth-order valence-corrected chi connectivity index (χ4v) is 5.72.